The van der Waals surface area contributed by atoms with Crippen LogP contribution in [0.5, 0.6) is 0 Å². The predicted octanol–water partition coefficient (Wildman–Crippen LogP) is 4.26. The molecular weight excluding hydrogens is 321 g/mol. The Bertz CT molecular complexity index is 1120. The number of benzene rings is 2. The normalized spacial score (nSPS) is 11.1. The fraction of sp³-hybridized carbons (Fsp3) is 0.0526. The second kappa shape index (κ2) is 5.59. The molecule has 4 rings (SSSR count). The summed E-state index contributed by atoms with van der Waals surface area (Å²) in [6.45, 7) is 0. The van der Waals surface area contributed by atoms with Crippen LogP contribution in [0.1, 0.15) is 10.4 Å². The highest BCUT2D eigenvalue weighted by Gasteiger charge is 2.10. The lowest BCUT2D eigenvalue weighted by Crippen LogP contribution is -1.95. The number of anilines is 1. The van der Waals surface area contributed by atoms with Crippen LogP contribution in [0.4, 0.5) is 10.1 Å². The summed E-state index contributed by atoms with van der Waals surface area (Å²) >= 11 is 0. The summed E-state index contributed by atoms with van der Waals surface area (Å²) in [5.74, 6) is -1.28. The van der Waals surface area contributed by atoms with Gasteiger partial charge in [0, 0.05) is 23.5 Å². The molecule has 0 unspecified atom stereocenters. The summed E-state index contributed by atoms with van der Waals surface area (Å²) in [7, 11) is 1.73. The molecule has 4 aromatic rings. The number of carboxylic acids is 1. The summed E-state index contributed by atoms with van der Waals surface area (Å²) < 4.78 is 13.7. The fourth-order valence-electron chi connectivity index (χ4n) is 2.94. The van der Waals surface area contributed by atoms with Gasteiger partial charge in [-0.05, 0) is 42.0 Å². The van der Waals surface area contributed by atoms with Gasteiger partial charge in [0.25, 0.3) is 0 Å². The summed E-state index contributed by atoms with van der Waals surface area (Å²) in [4.78, 5) is 18.8. The van der Waals surface area contributed by atoms with Crippen molar-refractivity contribution in [2.45, 2.75) is 0 Å². The molecule has 2 aromatic carbocycles. The molecule has 0 atom stereocenters. The summed E-state index contributed by atoms with van der Waals surface area (Å²) in [6, 6.07) is 13.3. The van der Waals surface area contributed by atoms with Crippen molar-refractivity contribution in [3.8, 4) is 11.3 Å². The molecule has 0 radical (unpaired) electrons. The van der Waals surface area contributed by atoms with Crippen molar-refractivity contribution in [1.82, 2.24) is 9.97 Å². The van der Waals surface area contributed by atoms with Gasteiger partial charge < -0.3 is 15.4 Å². The lowest BCUT2D eigenvalue weighted by atomic mass is 10.1. The minimum Gasteiger partial charge on any atom is -0.478 e. The van der Waals surface area contributed by atoms with Crippen molar-refractivity contribution < 1.29 is 14.3 Å². The Morgan fingerprint density at radius 2 is 1.88 bits per heavy atom. The molecule has 0 spiro atoms. The first kappa shape index (κ1) is 15.1. The Labute approximate surface area is 142 Å². The molecule has 124 valence electrons. The van der Waals surface area contributed by atoms with Gasteiger partial charge in [0.1, 0.15) is 11.5 Å². The van der Waals surface area contributed by atoms with Crippen molar-refractivity contribution in [2.24, 2.45) is 0 Å². The van der Waals surface area contributed by atoms with Gasteiger partial charge in [0.15, 0.2) is 0 Å². The van der Waals surface area contributed by atoms with E-state index in [2.05, 4.69) is 15.3 Å². The van der Waals surface area contributed by atoms with E-state index in [0.29, 0.717) is 22.2 Å². The number of aromatic nitrogens is 2. The van der Waals surface area contributed by atoms with Crippen LogP contribution in [0.25, 0.3) is 33.2 Å². The summed E-state index contributed by atoms with van der Waals surface area (Å²) in [5.41, 5.74) is 3.91. The molecule has 25 heavy (non-hydrogen) atoms. The number of fused-ring (bicyclic) bond motifs is 2. The number of hydrogen-bond donors (Lipinski definition) is 3. The molecule has 0 fully saturated rings. The first-order valence-corrected chi connectivity index (χ1v) is 7.69. The van der Waals surface area contributed by atoms with E-state index in [9.17, 15) is 9.18 Å². The molecule has 0 saturated carbocycles. The third-order valence-electron chi connectivity index (χ3n) is 4.18. The Morgan fingerprint density at radius 1 is 1.12 bits per heavy atom. The summed E-state index contributed by atoms with van der Waals surface area (Å²) in [5, 5.41) is 13.5. The second-order valence-electron chi connectivity index (χ2n) is 5.77. The highest BCUT2D eigenvalue weighted by Crippen LogP contribution is 2.29. The van der Waals surface area contributed by atoms with E-state index >= 15 is 0 Å². The van der Waals surface area contributed by atoms with Crippen LogP contribution in [0.2, 0.25) is 0 Å². The van der Waals surface area contributed by atoms with Gasteiger partial charge in [-0.1, -0.05) is 12.1 Å². The van der Waals surface area contributed by atoms with E-state index in [-0.39, 0.29) is 11.4 Å². The number of nitrogens with zero attached hydrogens (tertiary/aromatic N) is 1. The van der Waals surface area contributed by atoms with Crippen molar-refractivity contribution in [3.63, 3.8) is 0 Å². The maximum Gasteiger partial charge on any atom is 0.335 e. The standard InChI is InChI=1S/C19H14FN3O2/c1-21-16-9-14(20)7-12-6-13-8-15(22-18(13)23-17(12)16)10-2-4-11(5-3-10)19(24)25/h2-9,21H,1H3,(H,22,23)(H,24,25). The Kier molecular flexibility index (Phi) is 3.39. The Morgan fingerprint density at radius 3 is 2.56 bits per heavy atom. The molecule has 0 aliphatic carbocycles. The van der Waals surface area contributed by atoms with Crippen LogP contribution >= 0.6 is 0 Å². The first-order valence-electron chi connectivity index (χ1n) is 7.69. The van der Waals surface area contributed by atoms with E-state index in [4.69, 9.17) is 5.11 Å². The van der Waals surface area contributed by atoms with Crippen LogP contribution in [0.3, 0.4) is 0 Å². The van der Waals surface area contributed by atoms with Gasteiger partial charge in [0.05, 0.1) is 16.8 Å². The number of hydrogen-bond acceptors (Lipinski definition) is 3. The van der Waals surface area contributed by atoms with Crippen LogP contribution < -0.4 is 5.32 Å². The lowest BCUT2D eigenvalue weighted by molar-refractivity contribution is 0.0697. The Hall–Kier alpha value is -3.41. The van der Waals surface area contributed by atoms with Gasteiger partial charge in [-0.3, -0.25) is 0 Å². The van der Waals surface area contributed by atoms with Crippen LogP contribution in [-0.4, -0.2) is 28.1 Å². The van der Waals surface area contributed by atoms with E-state index in [1.165, 1.54) is 12.1 Å². The Balaban J connectivity index is 1.87. The fourth-order valence-corrected chi connectivity index (χ4v) is 2.94. The number of halogens is 1. The number of carboxylic acid groups (broad SMARTS) is 1. The van der Waals surface area contributed by atoms with Gasteiger partial charge in [-0.15, -0.1) is 0 Å². The molecular formula is C19H14FN3O2. The van der Waals surface area contributed by atoms with Gasteiger partial charge >= 0.3 is 5.97 Å². The molecule has 2 heterocycles. The number of aromatic carboxylic acids is 1. The number of rotatable bonds is 3. The smallest absolute Gasteiger partial charge is 0.335 e. The molecule has 6 heteroatoms. The molecule has 5 nitrogen and oxygen atoms in total. The van der Waals surface area contributed by atoms with Gasteiger partial charge in [0.2, 0.25) is 0 Å². The van der Waals surface area contributed by atoms with E-state index in [0.717, 1.165) is 16.6 Å². The second-order valence-corrected chi connectivity index (χ2v) is 5.77. The SMILES string of the molecule is CNc1cc(F)cc2cc3cc(-c4ccc(C(=O)O)cc4)[nH]c3nc12. The zero-order valence-corrected chi connectivity index (χ0v) is 13.3. The highest BCUT2D eigenvalue weighted by molar-refractivity contribution is 5.99. The molecule has 3 N–H and O–H groups in total. The van der Waals surface area contributed by atoms with E-state index in [1.54, 1.807) is 31.3 Å². The molecule has 0 aliphatic heterocycles. The average Bonchev–Trinajstić information content (AvgIpc) is 3.02. The minimum absolute atomic E-state index is 0.234. The van der Waals surface area contributed by atoms with E-state index in [1.807, 2.05) is 12.1 Å². The van der Waals surface area contributed by atoms with Crippen LogP contribution in [0.15, 0.2) is 48.5 Å². The van der Waals surface area contributed by atoms with Crippen LogP contribution in [-0.2, 0) is 0 Å². The van der Waals surface area contributed by atoms with Crippen molar-refractivity contribution in [3.05, 3.63) is 59.9 Å². The lowest BCUT2D eigenvalue weighted by Gasteiger charge is -2.05. The highest BCUT2D eigenvalue weighted by atomic mass is 19.1. The third kappa shape index (κ3) is 2.57. The topological polar surface area (TPSA) is 78.0 Å². The largest absolute Gasteiger partial charge is 0.478 e. The zero-order chi connectivity index (χ0) is 17.6. The molecule has 2 aromatic heterocycles. The average molecular weight is 335 g/mol. The maximum atomic E-state index is 13.7. The molecule has 0 amide bonds. The van der Waals surface area contributed by atoms with Crippen molar-refractivity contribution >= 4 is 33.6 Å². The van der Waals surface area contributed by atoms with Crippen LogP contribution in [0, 0.1) is 5.82 Å². The molecule has 0 saturated heterocycles. The maximum absolute atomic E-state index is 13.7. The van der Waals surface area contributed by atoms with Gasteiger partial charge in [-0.25, -0.2) is 14.2 Å². The predicted molar refractivity (Wildman–Crippen MR) is 95.5 cm³/mol. The van der Waals surface area contributed by atoms with Crippen molar-refractivity contribution in [2.75, 3.05) is 12.4 Å². The zero-order valence-electron chi connectivity index (χ0n) is 13.3. The number of carbonyl (C=O) groups is 1. The number of H-pyrrole nitrogens is 1. The monoisotopic (exact) mass is 335 g/mol. The molecule has 0 bridgehead atoms. The van der Waals surface area contributed by atoms with Gasteiger partial charge in [-0.2, -0.15) is 0 Å². The number of aromatic amines is 1. The number of pyridine rings is 1. The number of nitrogens with one attached hydrogen (secondary N) is 2. The minimum atomic E-state index is -0.960. The quantitative estimate of drug-likeness (QED) is 0.523. The first-order chi connectivity index (χ1) is 12.0. The van der Waals surface area contributed by atoms with Crippen molar-refractivity contribution in [1.29, 1.82) is 0 Å². The van der Waals surface area contributed by atoms with E-state index < -0.39 is 5.97 Å². The molecule has 0 aliphatic rings. The third-order valence-corrected chi connectivity index (χ3v) is 4.18. The summed E-state index contributed by atoms with van der Waals surface area (Å²) in [6.07, 6.45) is 0.